The third-order valence-electron chi connectivity index (χ3n) is 4.73. The summed E-state index contributed by atoms with van der Waals surface area (Å²) >= 11 is 3.41. The first-order valence-corrected chi connectivity index (χ1v) is 14.3. The van der Waals surface area contributed by atoms with Gasteiger partial charge in [-0.15, -0.1) is 14.7 Å². The molecule has 3 N–H and O–H groups in total. The molecule has 3 heterocycles. The number of phosphoric acid groups is 1. The third-order valence-corrected chi connectivity index (χ3v) is 6.96. The number of rotatable bonds is 6. The quantitative estimate of drug-likeness (QED) is 0.201. The Morgan fingerprint density at radius 1 is 0.500 bits per heavy atom. The van der Waals surface area contributed by atoms with E-state index in [0.717, 1.165) is 75.7 Å². The molecule has 0 atom stereocenters. The predicted octanol–water partition coefficient (Wildman–Crippen LogP) is -1.67. The molecule has 0 amide bonds. The van der Waals surface area contributed by atoms with Crippen LogP contribution in [-0.2, 0) is 4.57 Å². The minimum absolute atomic E-state index is 1.11. The van der Waals surface area contributed by atoms with Gasteiger partial charge in [-0.1, -0.05) is 0 Å². The van der Waals surface area contributed by atoms with E-state index >= 15 is 0 Å². The summed E-state index contributed by atoms with van der Waals surface area (Å²) in [5.41, 5.74) is 0. The standard InChI is InChI=1S/3C5H10N2OS.H3O4P/c3*8-6-9-7-4-2-1-3-5-7;1-5(2,3)4/h3*1-5H2;(H3,1,2,3,4). The summed E-state index contributed by atoms with van der Waals surface area (Å²) in [6.07, 6.45) is 11.5. The number of quaternary nitrogens is 3. The number of nitrogens with one attached hydrogen (secondary N) is 3. The van der Waals surface area contributed by atoms with Gasteiger partial charge in [-0.25, -0.2) is 12.9 Å². The minimum atomic E-state index is -5.39. The van der Waals surface area contributed by atoms with Crippen molar-refractivity contribution in [2.24, 2.45) is 13.7 Å². The Balaban J connectivity index is 0.000000410. The summed E-state index contributed by atoms with van der Waals surface area (Å²) in [6.45, 7) is 6.65. The second kappa shape index (κ2) is 21.4. The molecule has 188 valence electrons. The van der Waals surface area contributed by atoms with Crippen LogP contribution in [0.3, 0.4) is 0 Å². The molecule has 0 aromatic carbocycles. The lowest BCUT2D eigenvalue weighted by Gasteiger charge is -2.36. The molecule has 0 spiro atoms. The van der Waals surface area contributed by atoms with E-state index in [1.807, 2.05) is 0 Å². The smallest absolute Gasteiger partial charge is 0.262 e. The molecule has 3 saturated heterocycles. The highest BCUT2D eigenvalue weighted by atomic mass is 32.2. The van der Waals surface area contributed by atoms with E-state index in [1.54, 1.807) is 0 Å². The van der Waals surface area contributed by atoms with Crippen molar-refractivity contribution in [3.63, 3.8) is 0 Å². The molecular formula is C15H33N6O7PS3. The highest BCUT2D eigenvalue weighted by molar-refractivity contribution is 7.91. The highest BCUT2D eigenvalue weighted by Crippen LogP contribution is 2.03. The first-order chi connectivity index (χ1) is 15.3. The van der Waals surface area contributed by atoms with Crippen molar-refractivity contribution in [1.82, 2.24) is 0 Å². The van der Waals surface area contributed by atoms with Crippen LogP contribution < -0.4 is 27.6 Å². The van der Waals surface area contributed by atoms with Crippen LogP contribution in [0.4, 0.5) is 0 Å². The fourth-order valence-corrected chi connectivity index (χ4v) is 5.00. The van der Waals surface area contributed by atoms with Crippen LogP contribution in [0.5, 0.6) is 0 Å². The second-order valence-electron chi connectivity index (χ2n) is 7.24. The van der Waals surface area contributed by atoms with Crippen molar-refractivity contribution in [2.75, 3.05) is 39.3 Å². The van der Waals surface area contributed by atoms with Gasteiger partial charge in [-0.3, -0.25) is 0 Å². The molecule has 0 saturated carbocycles. The Kier molecular flexibility index (Phi) is 21.3. The summed E-state index contributed by atoms with van der Waals surface area (Å²) in [7, 11) is -5.39. The predicted molar refractivity (Wildman–Crippen MR) is 121 cm³/mol. The molecule has 0 aromatic rings. The molecular weight excluding hydrogens is 503 g/mol. The summed E-state index contributed by atoms with van der Waals surface area (Å²) in [4.78, 5) is 54.9. The Morgan fingerprint density at radius 3 is 0.844 bits per heavy atom. The van der Waals surface area contributed by atoms with Crippen LogP contribution in [0.2, 0.25) is 0 Å². The van der Waals surface area contributed by atoms with Gasteiger partial charge in [0, 0.05) is 0 Å². The number of nitroso groups, excluding NO2 is 3. The molecule has 17 heteroatoms. The highest BCUT2D eigenvalue weighted by Gasteiger charge is 2.16. The molecule has 0 aliphatic carbocycles. The average Bonchev–Trinajstić information content (AvgIpc) is 2.77. The van der Waals surface area contributed by atoms with Crippen LogP contribution in [0.25, 0.3) is 0 Å². The van der Waals surface area contributed by atoms with E-state index in [9.17, 15) is 14.7 Å². The summed E-state index contributed by atoms with van der Waals surface area (Å²) in [6, 6.07) is 0. The van der Waals surface area contributed by atoms with Crippen molar-refractivity contribution in [1.29, 1.82) is 0 Å². The summed E-state index contributed by atoms with van der Waals surface area (Å²) in [5.74, 6) is 0. The van der Waals surface area contributed by atoms with Gasteiger partial charge in [0.25, 0.3) is 36.4 Å². The molecule has 3 fully saturated rings. The number of nitrogens with zero attached hydrogens (tertiary/aromatic N) is 3. The van der Waals surface area contributed by atoms with Crippen LogP contribution in [-0.4, -0.2) is 39.3 Å². The van der Waals surface area contributed by atoms with Gasteiger partial charge in [-0.2, -0.15) is 7.82 Å². The van der Waals surface area contributed by atoms with Gasteiger partial charge in [-0.05, 0) is 57.8 Å². The Morgan fingerprint density at radius 2 is 0.688 bits per heavy atom. The first-order valence-electron chi connectivity index (χ1n) is 10.6. The molecule has 0 radical (unpaired) electrons. The first kappa shape index (κ1) is 31.8. The third kappa shape index (κ3) is 23.0. The largest absolute Gasteiger partial charge is 0.822 e. The van der Waals surface area contributed by atoms with Crippen LogP contribution in [0.1, 0.15) is 57.8 Å². The molecule has 3 aliphatic heterocycles. The maximum atomic E-state index is 9.77. The number of piperidine rings is 3. The van der Waals surface area contributed by atoms with Gasteiger partial charge in [0.2, 0.25) is 0 Å². The van der Waals surface area contributed by atoms with E-state index < -0.39 is 7.82 Å². The molecule has 3 rings (SSSR count). The van der Waals surface area contributed by atoms with E-state index in [2.05, 4.69) is 13.7 Å². The topological polar surface area (TPSA) is 188 Å². The second-order valence-corrected chi connectivity index (χ2v) is 10.9. The normalized spacial score (nSPS) is 20.2. The van der Waals surface area contributed by atoms with Crippen LogP contribution >= 0.6 is 44.2 Å². The Labute approximate surface area is 201 Å². The molecule has 0 bridgehead atoms. The van der Waals surface area contributed by atoms with Crippen LogP contribution in [0, 0.1) is 14.7 Å². The van der Waals surface area contributed by atoms with Crippen molar-refractivity contribution >= 4 is 44.2 Å². The zero-order valence-corrected chi connectivity index (χ0v) is 21.3. The van der Waals surface area contributed by atoms with Gasteiger partial charge in [0.05, 0.1) is 53.0 Å². The maximum Gasteiger partial charge on any atom is 0.262 e. The fraction of sp³-hybridized carbons (Fsp3) is 1.00. The Hall–Kier alpha value is -0.160. The van der Waals surface area contributed by atoms with Crippen molar-refractivity contribution in [3.8, 4) is 0 Å². The van der Waals surface area contributed by atoms with Gasteiger partial charge >= 0.3 is 0 Å². The van der Waals surface area contributed by atoms with Crippen molar-refractivity contribution in [3.05, 3.63) is 14.7 Å². The van der Waals surface area contributed by atoms with Gasteiger partial charge in [0.1, 0.15) is 0 Å². The average molecular weight is 537 g/mol. The lowest BCUT2D eigenvalue weighted by atomic mass is 10.2. The molecule has 3 aliphatic rings. The lowest BCUT2D eigenvalue weighted by Crippen LogP contribution is -3.06. The van der Waals surface area contributed by atoms with Crippen molar-refractivity contribution < 1.29 is 32.2 Å². The monoisotopic (exact) mass is 536 g/mol. The molecule has 0 unspecified atom stereocenters. The Bertz CT molecular complexity index is 468. The van der Waals surface area contributed by atoms with Crippen LogP contribution in [0.15, 0.2) is 13.7 Å². The zero-order valence-electron chi connectivity index (χ0n) is 18.0. The van der Waals surface area contributed by atoms with E-state index in [4.69, 9.17) is 19.2 Å². The molecule has 0 aromatic heterocycles. The summed E-state index contributed by atoms with van der Waals surface area (Å²) in [5, 5.41) is 0. The zero-order chi connectivity index (χ0) is 24.1. The fourth-order valence-electron chi connectivity index (χ4n) is 3.27. The molecule has 32 heavy (non-hydrogen) atoms. The van der Waals surface area contributed by atoms with E-state index in [0.29, 0.717) is 0 Å². The summed E-state index contributed by atoms with van der Waals surface area (Å²) < 4.78 is 20.7. The number of hydrogen-bond donors (Lipinski definition) is 3. The maximum absolute atomic E-state index is 9.77. The number of hydrogen-bond acceptors (Lipinski definition) is 13. The minimum Gasteiger partial charge on any atom is -0.822 e. The SMILES string of the molecule is O=NS[NH+]1CCCCC1.O=NS[NH+]1CCCCC1.O=NS[NH+]1CCCCC1.O=P([O-])([O-])[O-]. The van der Waals surface area contributed by atoms with E-state index in [1.165, 1.54) is 70.7 Å². The van der Waals surface area contributed by atoms with Crippen molar-refractivity contribution in [2.45, 2.75) is 57.8 Å². The van der Waals surface area contributed by atoms with Gasteiger partial charge in [0.15, 0.2) is 0 Å². The van der Waals surface area contributed by atoms with Gasteiger partial charge < -0.3 is 19.2 Å². The lowest BCUT2D eigenvalue weighted by molar-refractivity contribution is -0.762. The molecule has 13 nitrogen and oxygen atoms in total. The van der Waals surface area contributed by atoms with E-state index in [-0.39, 0.29) is 0 Å².